The van der Waals surface area contributed by atoms with E-state index in [4.69, 9.17) is 0 Å². The van der Waals surface area contributed by atoms with Crippen molar-refractivity contribution in [3.8, 4) is 0 Å². The molecule has 1 aromatic rings. The smallest absolute Gasteiger partial charge is 0.229 e. The normalized spacial score (nSPS) is 27.1. The molecule has 4 heteroatoms. The number of amides is 1. The van der Waals surface area contributed by atoms with Crippen LogP contribution in [0.5, 0.6) is 0 Å². The number of hydrogen-bond acceptors (Lipinski definition) is 2. The summed E-state index contributed by atoms with van der Waals surface area (Å²) in [6, 6.07) is 6.49. The van der Waals surface area contributed by atoms with E-state index in [9.17, 15) is 4.79 Å². The fraction of sp³-hybridized carbons (Fsp3) is 0.500. The van der Waals surface area contributed by atoms with E-state index in [2.05, 4.69) is 45.4 Å². The predicted molar refractivity (Wildman–Crippen MR) is 81.8 cm³/mol. The largest absolute Gasteiger partial charge is 0.380 e. The van der Waals surface area contributed by atoms with Crippen molar-refractivity contribution in [2.24, 2.45) is 5.92 Å². The van der Waals surface area contributed by atoms with Crippen molar-refractivity contribution < 1.29 is 4.79 Å². The van der Waals surface area contributed by atoms with Gasteiger partial charge in [-0.05, 0) is 53.6 Å². The lowest BCUT2D eigenvalue weighted by atomic mass is 9.94. The van der Waals surface area contributed by atoms with E-state index < -0.39 is 0 Å². The van der Waals surface area contributed by atoms with Crippen molar-refractivity contribution in [2.45, 2.75) is 38.1 Å². The van der Waals surface area contributed by atoms with Gasteiger partial charge in [-0.25, -0.2) is 0 Å². The maximum absolute atomic E-state index is 12.3. The monoisotopic (exact) mass is 356 g/mol. The molecule has 1 heterocycles. The molecule has 3 rings (SSSR count). The molecule has 1 aliphatic heterocycles. The summed E-state index contributed by atoms with van der Waals surface area (Å²) < 4.78 is 1.15. The maximum Gasteiger partial charge on any atom is 0.229 e. The molecule has 96 valence electrons. The lowest BCUT2D eigenvalue weighted by Crippen LogP contribution is -2.34. The van der Waals surface area contributed by atoms with Gasteiger partial charge in [0.2, 0.25) is 5.91 Å². The number of carbonyl (C=O) groups is 1. The van der Waals surface area contributed by atoms with Crippen molar-refractivity contribution in [3.05, 3.63) is 21.8 Å². The second-order valence-corrected chi connectivity index (χ2v) is 6.42. The lowest BCUT2D eigenvalue weighted by molar-refractivity contribution is -0.120. The molecule has 2 atom stereocenters. The van der Waals surface area contributed by atoms with E-state index in [1.807, 2.05) is 6.07 Å². The Labute approximate surface area is 121 Å². The topological polar surface area (TPSA) is 41.1 Å². The highest BCUT2D eigenvalue weighted by atomic mass is 127. The molecule has 1 aliphatic carbocycles. The molecule has 0 bridgehead atoms. The minimum Gasteiger partial charge on any atom is -0.380 e. The van der Waals surface area contributed by atoms with Gasteiger partial charge in [0.1, 0.15) is 0 Å². The highest BCUT2D eigenvalue weighted by Gasteiger charge is 2.32. The zero-order valence-corrected chi connectivity index (χ0v) is 12.4. The summed E-state index contributed by atoms with van der Waals surface area (Å²) in [5.41, 5.74) is 2.00. The third kappa shape index (κ3) is 2.35. The highest BCUT2D eigenvalue weighted by Crippen LogP contribution is 2.34. The molecule has 2 unspecified atom stereocenters. The Morgan fingerprint density at radius 3 is 2.83 bits per heavy atom. The Morgan fingerprint density at radius 2 is 1.94 bits per heavy atom. The van der Waals surface area contributed by atoms with Crippen LogP contribution in [0, 0.1) is 9.49 Å². The van der Waals surface area contributed by atoms with Gasteiger partial charge in [-0.2, -0.15) is 0 Å². The summed E-state index contributed by atoms with van der Waals surface area (Å²) in [5.74, 6) is 0.313. The van der Waals surface area contributed by atoms with Crippen LogP contribution in [-0.4, -0.2) is 11.9 Å². The summed E-state index contributed by atoms with van der Waals surface area (Å²) in [6.07, 6.45) is 5.75. The number of anilines is 2. The fourth-order valence-electron chi connectivity index (χ4n) is 2.97. The van der Waals surface area contributed by atoms with E-state index in [0.717, 1.165) is 27.8 Å². The van der Waals surface area contributed by atoms with E-state index >= 15 is 0 Å². The number of hydrogen-bond donors (Lipinski definition) is 2. The Balaban J connectivity index is 1.95. The van der Waals surface area contributed by atoms with Crippen LogP contribution in [0.15, 0.2) is 18.2 Å². The van der Waals surface area contributed by atoms with Crippen LogP contribution in [-0.2, 0) is 4.79 Å². The van der Waals surface area contributed by atoms with E-state index in [-0.39, 0.29) is 11.8 Å². The van der Waals surface area contributed by atoms with Gasteiger partial charge in [-0.3, -0.25) is 4.79 Å². The second kappa shape index (κ2) is 5.07. The SMILES string of the molecule is O=C1Nc2cc(I)ccc2NC2CCCCCC12. The summed E-state index contributed by atoms with van der Waals surface area (Å²) in [6.45, 7) is 0. The van der Waals surface area contributed by atoms with Gasteiger partial charge >= 0.3 is 0 Å². The zero-order valence-electron chi connectivity index (χ0n) is 10.2. The molecule has 1 aromatic carbocycles. The molecule has 2 aliphatic rings. The highest BCUT2D eigenvalue weighted by molar-refractivity contribution is 14.1. The van der Waals surface area contributed by atoms with Gasteiger partial charge in [0.15, 0.2) is 0 Å². The maximum atomic E-state index is 12.3. The Bertz CT molecular complexity index is 475. The molecular formula is C14H17IN2O. The lowest BCUT2D eigenvalue weighted by Gasteiger charge is -2.22. The number of nitrogens with one attached hydrogen (secondary N) is 2. The van der Waals surface area contributed by atoms with Crippen molar-refractivity contribution in [3.63, 3.8) is 0 Å². The van der Waals surface area contributed by atoms with Gasteiger partial charge in [0, 0.05) is 9.61 Å². The number of rotatable bonds is 0. The fourth-order valence-corrected chi connectivity index (χ4v) is 3.46. The first-order valence-electron chi connectivity index (χ1n) is 6.61. The van der Waals surface area contributed by atoms with Gasteiger partial charge < -0.3 is 10.6 Å². The zero-order chi connectivity index (χ0) is 12.5. The predicted octanol–water partition coefficient (Wildman–Crippen LogP) is 3.60. The van der Waals surface area contributed by atoms with Crippen molar-refractivity contribution >= 4 is 39.9 Å². The third-order valence-corrected chi connectivity index (χ3v) is 4.60. The summed E-state index contributed by atoms with van der Waals surface area (Å²) in [5, 5.41) is 6.66. The summed E-state index contributed by atoms with van der Waals surface area (Å²) >= 11 is 2.27. The first-order chi connectivity index (χ1) is 8.74. The van der Waals surface area contributed by atoms with Crippen LogP contribution in [0.3, 0.4) is 0 Å². The molecule has 0 saturated heterocycles. The van der Waals surface area contributed by atoms with Crippen molar-refractivity contribution in [1.29, 1.82) is 0 Å². The molecule has 1 saturated carbocycles. The second-order valence-electron chi connectivity index (χ2n) is 5.17. The standard InChI is InChI=1S/C14H17IN2O/c15-9-6-7-12-13(8-9)17-14(18)10-4-2-1-3-5-11(10)16-12/h6-8,10-11,16H,1-5H2,(H,17,18). The van der Waals surface area contributed by atoms with Gasteiger partial charge in [-0.1, -0.05) is 19.3 Å². The molecule has 3 nitrogen and oxygen atoms in total. The summed E-state index contributed by atoms with van der Waals surface area (Å²) in [7, 11) is 0. The van der Waals surface area contributed by atoms with Gasteiger partial charge in [-0.15, -0.1) is 0 Å². The van der Waals surface area contributed by atoms with Gasteiger partial charge in [0.05, 0.1) is 17.3 Å². The third-order valence-electron chi connectivity index (χ3n) is 3.93. The number of halogens is 1. The molecule has 0 radical (unpaired) electrons. The van der Waals surface area contributed by atoms with Crippen LogP contribution >= 0.6 is 22.6 Å². The number of fused-ring (bicyclic) bond motifs is 2. The van der Waals surface area contributed by atoms with Crippen molar-refractivity contribution in [2.75, 3.05) is 10.6 Å². The first kappa shape index (κ1) is 12.3. The quantitative estimate of drug-likeness (QED) is 0.698. The van der Waals surface area contributed by atoms with Crippen LogP contribution in [0.4, 0.5) is 11.4 Å². The van der Waals surface area contributed by atoms with Crippen LogP contribution in [0.1, 0.15) is 32.1 Å². The average Bonchev–Trinajstić information content (AvgIpc) is 2.63. The average molecular weight is 356 g/mol. The molecule has 1 fully saturated rings. The number of benzene rings is 1. The van der Waals surface area contributed by atoms with E-state index in [1.165, 1.54) is 19.3 Å². The minimum atomic E-state index is 0.123. The van der Waals surface area contributed by atoms with E-state index in [1.54, 1.807) is 0 Å². The summed E-state index contributed by atoms with van der Waals surface area (Å²) in [4.78, 5) is 12.3. The van der Waals surface area contributed by atoms with Gasteiger partial charge in [0.25, 0.3) is 0 Å². The molecule has 0 aromatic heterocycles. The molecule has 2 N–H and O–H groups in total. The molecule has 0 spiro atoms. The van der Waals surface area contributed by atoms with Crippen LogP contribution in [0.2, 0.25) is 0 Å². The van der Waals surface area contributed by atoms with Crippen LogP contribution < -0.4 is 10.6 Å². The molecule has 1 amide bonds. The molecule has 18 heavy (non-hydrogen) atoms. The van der Waals surface area contributed by atoms with Crippen LogP contribution in [0.25, 0.3) is 0 Å². The Hall–Kier alpha value is -0.780. The Kier molecular flexibility index (Phi) is 3.46. The van der Waals surface area contributed by atoms with E-state index in [0.29, 0.717) is 6.04 Å². The number of carbonyl (C=O) groups excluding carboxylic acids is 1. The van der Waals surface area contributed by atoms with Crippen molar-refractivity contribution in [1.82, 2.24) is 0 Å². The first-order valence-corrected chi connectivity index (χ1v) is 7.69. The molecular weight excluding hydrogens is 339 g/mol. The minimum absolute atomic E-state index is 0.123. The Morgan fingerprint density at radius 1 is 1.11 bits per heavy atom.